The molecule has 11 heavy (non-hydrogen) atoms. The molecule has 0 saturated carbocycles. The summed E-state index contributed by atoms with van der Waals surface area (Å²) >= 11 is 0. The number of allylic oxidation sites excluding steroid dienone is 1. The lowest BCUT2D eigenvalue weighted by Crippen LogP contribution is -2.00. The summed E-state index contributed by atoms with van der Waals surface area (Å²) in [5.41, 5.74) is 0. The number of rotatable bonds is 6. The van der Waals surface area contributed by atoms with Gasteiger partial charge < -0.3 is 9.90 Å². The van der Waals surface area contributed by atoms with Crippen LogP contribution in [-0.4, -0.2) is 17.5 Å². The lowest BCUT2D eigenvalue weighted by molar-refractivity contribution is -0.107. The Hall–Kier alpha value is -0.630. The molecule has 64 valence electrons. The molecule has 0 aliphatic carbocycles. The van der Waals surface area contributed by atoms with Crippen molar-refractivity contribution in [3.63, 3.8) is 0 Å². The van der Waals surface area contributed by atoms with E-state index in [0.717, 1.165) is 25.5 Å². The number of carbonyl (C=O) groups is 1. The topological polar surface area (TPSA) is 37.3 Å². The highest BCUT2D eigenvalue weighted by atomic mass is 16.3. The summed E-state index contributed by atoms with van der Waals surface area (Å²) in [6.07, 6.45) is 7.18. The van der Waals surface area contributed by atoms with Crippen LogP contribution < -0.4 is 0 Å². The molecule has 0 spiro atoms. The fourth-order valence-electron chi connectivity index (χ4n) is 0.801. The van der Waals surface area contributed by atoms with Crippen molar-refractivity contribution in [2.45, 2.75) is 38.7 Å². The van der Waals surface area contributed by atoms with Gasteiger partial charge in [-0.05, 0) is 6.42 Å². The average Bonchev–Trinajstić information content (AvgIpc) is 2.01. The Kier molecular flexibility index (Phi) is 7.05. The Balaban J connectivity index is 3.34. The molecule has 1 atom stereocenters. The van der Waals surface area contributed by atoms with Crippen LogP contribution in [-0.2, 0) is 4.79 Å². The molecule has 0 aliphatic heterocycles. The highest BCUT2D eigenvalue weighted by molar-refractivity contribution is 5.51. The van der Waals surface area contributed by atoms with E-state index in [9.17, 15) is 9.90 Å². The predicted octanol–water partition coefficient (Wildman–Crippen LogP) is 1.68. The van der Waals surface area contributed by atoms with Gasteiger partial charge in [0.15, 0.2) is 0 Å². The Morgan fingerprint density at radius 1 is 1.55 bits per heavy atom. The summed E-state index contributed by atoms with van der Waals surface area (Å²) in [7, 11) is 0. The zero-order valence-electron chi connectivity index (χ0n) is 6.99. The Morgan fingerprint density at radius 2 is 2.27 bits per heavy atom. The van der Waals surface area contributed by atoms with Crippen LogP contribution in [0.5, 0.6) is 0 Å². The Bertz CT molecular complexity index is 119. The molecular formula is C9H16O2. The summed E-state index contributed by atoms with van der Waals surface area (Å²) in [6, 6.07) is 0. The van der Waals surface area contributed by atoms with E-state index >= 15 is 0 Å². The van der Waals surface area contributed by atoms with Crippen LogP contribution >= 0.6 is 0 Å². The summed E-state index contributed by atoms with van der Waals surface area (Å²) in [5, 5.41) is 9.20. The molecule has 0 aromatic heterocycles. The van der Waals surface area contributed by atoms with Gasteiger partial charge in [-0.3, -0.25) is 0 Å². The molecule has 0 aliphatic rings. The van der Waals surface area contributed by atoms with Gasteiger partial charge in [0.25, 0.3) is 0 Å². The number of aldehydes is 1. The van der Waals surface area contributed by atoms with Gasteiger partial charge in [0.05, 0.1) is 6.10 Å². The van der Waals surface area contributed by atoms with Crippen molar-refractivity contribution in [3.8, 4) is 0 Å². The second-order valence-corrected chi connectivity index (χ2v) is 2.54. The van der Waals surface area contributed by atoms with Crippen LogP contribution in [0.25, 0.3) is 0 Å². The van der Waals surface area contributed by atoms with Crippen LogP contribution in [0.1, 0.15) is 32.6 Å². The van der Waals surface area contributed by atoms with Gasteiger partial charge >= 0.3 is 0 Å². The standard InChI is InChI=1S/C9H16O2/c1-2-3-6-9(11)7-4-5-8-10/h4,7-9,11H,2-3,5-6H2,1H3/b7-4+. The monoisotopic (exact) mass is 156 g/mol. The largest absolute Gasteiger partial charge is 0.389 e. The van der Waals surface area contributed by atoms with E-state index < -0.39 is 0 Å². The van der Waals surface area contributed by atoms with E-state index in [0.29, 0.717) is 6.42 Å². The van der Waals surface area contributed by atoms with Crippen LogP contribution in [0.3, 0.4) is 0 Å². The number of aliphatic hydroxyl groups is 1. The van der Waals surface area contributed by atoms with Crippen LogP contribution in [0.4, 0.5) is 0 Å². The van der Waals surface area contributed by atoms with E-state index in [1.807, 2.05) is 0 Å². The third kappa shape index (κ3) is 7.26. The molecule has 0 saturated heterocycles. The Labute approximate surface area is 67.9 Å². The maximum atomic E-state index is 9.87. The molecular weight excluding hydrogens is 140 g/mol. The minimum absolute atomic E-state index is 0.366. The summed E-state index contributed by atoms with van der Waals surface area (Å²) in [5.74, 6) is 0. The maximum absolute atomic E-state index is 9.87. The van der Waals surface area contributed by atoms with Crippen LogP contribution in [0.2, 0.25) is 0 Å². The van der Waals surface area contributed by atoms with Crippen molar-refractivity contribution in [1.29, 1.82) is 0 Å². The van der Waals surface area contributed by atoms with E-state index in [2.05, 4.69) is 6.92 Å². The van der Waals surface area contributed by atoms with E-state index in [1.165, 1.54) is 0 Å². The van der Waals surface area contributed by atoms with Gasteiger partial charge in [0.1, 0.15) is 6.29 Å². The molecule has 0 amide bonds. The first kappa shape index (κ1) is 10.4. The number of aliphatic hydroxyl groups excluding tert-OH is 1. The van der Waals surface area contributed by atoms with Crippen molar-refractivity contribution in [3.05, 3.63) is 12.2 Å². The average molecular weight is 156 g/mol. The first-order valence-electron chi connectivity index (χ1n) is 4.09. The third-order valence-corrected chi connectivity index (χ3v) is 1.44. The normalized spacial score (nSPS) is 13.6. The zero-order chi connectivity index (χ0) is 8.53. The van der Waals surface area contributed by atoms with E-state index in [1.54, 1.807) is 12.2 Å². The molecule has 0 aromatic rings. The molecule has 0 heterocycles. The second-order valence-electron chi connectivity index (χ2n) is 2.54. The number of carbonyl (C=O) groups excluding carboxylic acids is 1. The molecule has 2 nitrogen and oxygen atoms in total. The fourth-order valence-corrected chi connectivity index (χ4v) is 0.801. The van der Waals surface area contributed by atoms with Gasteiger partial charge in [-0.15, -0.1) is 0 Å². The number of hydrogen-bond acceptors (Lipinski definition) is 2. The van der Waals surface area contributed by atoms with Crippen molar-refractivity contribution in [1.82, 2.24) is 0 Å². The van der Waals surface area contributed by atoms with Crippen molar-refractivity contribution >= 4 is 6.29 Å². The number of unbranched alkanes of at least 4 members (excludes halogenated alkanes) is 1. The Morgan fingerprint density at radius 3 is 2.82 bits per heavy atom. The molecule has 0 aromatic carbocycles. The van der Waals surface area contributed by atoms with Crippen molar-refractivity contribution in [2.75, 3.05) is 0 Å². The highest BCUT2D eigenvalue weighted by Crippen LogP contribution is 2.01. The third-order valence-electron chi connectivity index (χ3n) is 1.44. The fraction of sp³-hybridized carbons (Fsp3) is 0.667. The second kappa shape index (κ2) is 7.48. The van der Waals surface area contributed by atoms with Gasteiger partial charge in [-0.25, -0.2) is 0 Å². The molecule has 0 fully saturated rings. The first-order valence-corrected chi connectivity index (χ1v) is 4.09. The maximum Gasteiger partial charge on any atom is 0.123 e. The molecule has 0 bridgehead atoms. The molecule has 1 N–H and O–H groups in total. The van der Waals surface area contributed by atoms with Gasteiger partial charge in [0, 0.05) is 6.42 Å². The minimum Gasteiger partial charge on any atom is -0.389 e. The zero-order valence-corrected chi connectivity index (χ0v) is 6.99. The molecule has 2 heteroatoms. The number of hydrogen-bond donors (Lipinski definition) is 1. The summed E-state index contributed by atoms with van der Waals surface area (Å²) in [4.78, 5) is 9.87. The first-order chi connectivity index (χ1) is 5.31. The van der Waals surface area contributed by atoms with Crippen molar-refractivity contribution in [2.24, 2.45) is 0 Å². The van der Waals surface area contributed by atoms with Crippen LogP contribution in [0.15, 0.2) is 12.2 Å². The lowest BCUT2D eigenvalue weighted by Gasteiger charge is -2.01. The summed E-state index contributed by atoms with van der Waals surface area (Å²) < 4.78 is 0. The molecule has 1 unspecified atom stereocenters. The van der Waals surface area contributed by atoms with Gasteiger partial charge in [0.2, 0.25) is 0 Å². The molecule has 0 rings (SSSR count). The van der Waals surface area contributed by atoms with Gasteiger partial charge in [-0.2, -0.15) is 0 Å². The SMILES string of the molecule is CCCCC(O)/C=C/CC=O. The summed E-state index contributed by atoms with van der Waals surface area (Å²) in [6.45, 7) is 2.09. The van der Waals surface area contributed by atoms with Gasteiger partial charge in [-0.1, -0.05) is 31.9 Å². The smallest absolute Gasteiger partial charge is 0.123 e. The lowest BCUT2D eigenvalue weighted by atomic mass is 10.1. The van der Waals surface area contributed by atoms with Crippen LogP contribution in [0, 0.1) is 0 Å². The van der Waals surface area contributed by atoms with E-state index in [-0.39, 0.29) is 6.10 Å². The van der Waals surface area contributed by atoms with E-state index in [4.69, 9.17) is 0 Å². The quantitative estimate of drug-likeness (QED) is 0.469. The molecule has 0 radical (unpaired) electrons. The highest BCUT2D eigenvalue weighted by Gasteiger charge is 1.95. The minimum atomic E-state index is -0.366. The van der Waals surface area contributed by atoms with Crippen molar-refractivity contribution < 1.29 is 9.90 Å². The predicted molar refractivity (Wildman–Crippen MR) is 45.4 cm³/mol.